The van der Waals surface area contributed by atoms with E-state index in [1.54, 1.807) is 0 Å². The molecule has 1 aromatic heterocycles. The molecule has 0 bridgehead atoms. The van der Waals surface area contributed by atoms with Crippen molar-refractivity contribution in [2.24, 2.45) is 0 Å². The Hall–Kier alpha value is -3.40. The van der Waals surface area contributed by atoms with Crippen LogP contribution in [0.5, 0.6) is 0 Å². The average molecular weight is 369 g/mol. The predicted molar refractivity (Wildman–Crippen MR) is 112 cm³/mol. The van der Waals surface area contributed by atoms with Gasteiger partial charge in [0.15, 0.2) is 0 Å². The first-order valence-electron chi connectivity index (χ1n) is 9.60. The van der Waals surface area contributed by atoms with Gasteiger partial charge in [0.1, 0.15) is 5.82 Å². The highest BCUT2D eigenvalue weighted by Gasteiger charge is 2.15. The van der Waals surface area contributed by atoms with Gasteiger partial charge >= 0.3 is 0 Å². The summed E-state index contributed by atoms with van der Waals surface area (Å²) in [7, 11) is 0. The van der Waals surface area contributed by atoms with Gasteiger partial charge in [-0.1, -0.05) is 72.8 Å². The highest BCUT2D eigenvalue weighted by molar-refractivity contribution is 5.77. The van der Waals surface area contributed by atoms with Crippen LogP contribution in [-0.2, 0) is 17.6 Å². The predicted octanol–water partition coefficient (Wildman–Crippen LogP) is 4.60. The number of aromatic amines is 1. The molecule has 0 spiro atoms. The Morgan fingerprint density at radius 1 is 0.893 bits per heavy atom. The maximum atomic E-state index is 12.7. The van der Waals surface area contributed by atoms with Crippen LogP contribution >= 0.6 is 0 Å². The van der Waals surface area contributed by atoms with Crippen LogP contribution in [0.15, 0.2) is 84.9 Å². The van der Waals surface area contributed by atoms with Gasteiger partial charge in [0.05, 0.1) is 17.1 Å². The summed E-state index contributed by atoms with van der Waals surface area (Å²) in [5.41, 5.74) is 4.26. The zero-order chi connectivity index (χ0) is 19.2. The molecule has 0 aliphatic rings. The molecule has 0 aliphatic heterocycles. The van der Waals surface area contributed by atoms with Crippen molar-refractivity contribution in [3.63, 3.8) is 0 Å². The molecule has 2 N–H and O–H groups in total. The molecule has 1 amide bonds. The Morgan fingerprint density at radius 3 is 2.32 bits per heavy atom. The molecule has 3 aromatic carbocycles. The summed E-state index contributed by atoms with van der Waals surface area (Å²) < 4.78 is 0. The third kappa shape index (κ3) is 4.46. The molecule has 4 rings (SSSR count). The van der Waals surface area contributed by atoms with E-state index in [1.165, 1.54) is 5.56 Å². The SMILES string of the molecule is O=C(CCc1nc2ccccc2[nH]1)NC(Cc1ccccc1)c1ccccc1. The molecule has 4 heteroatoms. The van der Waals surface area contributed by atoms with Gasteiger partial charge in [-0.05, 0) is 29.7 Å². The monoisotopic (exact) mass is 369 g/mol. The first-order valence-corrected chi connectivity index (χ1v) is 9.60. The van der Waals surface area contributed by atoms with Crippen LogP contribution in [0.2, 0.25) is 0 Å². The summed E-state index contributed by atoms with van der Waals surface area (Å²) in [5, 5.41) is 3.21. The van der Waals surface area contributed by atoms with E-state index in [9.17, 15) is 4.79 Å². The van der Waals surface area contributed by atoms with Gasteiger partial charge < -0.3 is 10.3 Å². The fraction of sp³-hybridized carbons (Fsp3) is 0.167. The summed E-state index contributed by atoms with van der Waals surface area (Å²) in [5.74, 6) is 0.876. The average Bonchev–Trinajstić information content (AvgIpc) is 3.16. The standard InChI is InChI=1S/C24H23N3O/c28-24(16-15-23-25-20-13-7-8-14-21(20)26-23)27-22(19-11-5-2-6-12-19)17-18-9-3-1-4-10-18/h1-14,22H,15-17H2,(H,25,26)(H,27,28). The number of aromatic nitrogens is 2. The first-order chi connectivity index (χ1) is 13.8. The summed E-state index contributed by atoms with van der Waals surface area (Å²) in [6, 6.07) is 28.2. The highest BCUT2D eigenvalue weighted by atomic mass is 16.1. The van der Waals surface area contributed by atoms with E-state index in [-0.39, 0.29) is 11.9 Å². The van der Waals surface area contributed by atoms with Gasteiger partial charge in [-0.15, -0.1) is 0 Å². The number of H-pyrrole nitrogens is 1. The van der Waals surface area contributed by atoms with Crippen molar-refractivity contribution in [3.05, 3.63) is 102 Å². The number of imidazole rings is 1. The first kappa shape index (κ1) is 18.0. The Kier molecular flexibility index (Phi) is 5.48. The smallest absolute Gasteiger partial charge is 0.220 e. The lowest BCUT2D eigenvalue weighted by molar-refractivity contribution is -0.121. The lowest BCUT2D eigenvalue weighted by Gasteiger charge is -2.19. The molecule has 1 atom stereocenters. The minimum absolute atomic E-state index is 0.0326. The van der Waals surface area contributed by atoms with Gasteiger partial charge in [-0.3, -0.25) is 4.79 Å². The second kappa shape index (κ2) is 8.53. The Bertz CT molecular complexity index is 1010. The van der Waals surface area contributed by atoms with E-state index >= 15 is 0 Å². The molecule has 4 nitrogen and oxygen atoms in total. The topological polar surface area (TPSA) is 57.8 Å². The van der Waals surface area contributed by atoms with E-state index in [0.717, 1.165) is 28.8 Å². The Balaban J connectivity index is 1.42. The van der Waals surface area contributed by atoms with Crippen LogP contribution < -0.4 is 5.32 Å². The number of hydrogen-bond donors (Lipinski definition) is 2. The number of aryl methyl sites for hydroxylation is 1. The molecule has 0 saturated carbocycles. The molecule has 0 aliphatic carbocycles. The quantitative estimate of drug-likeness (QED) is 0.500. The molecule has 0 radical (unpaired) electrons. The number of carbonyl (C=O) groups is 1. The lowest BCUT2D eigenvalue weighted by Crippen LogP contribution is -2.30. The van der Waals surface area contributed by atoms with Crippen LogP contribution in [0.1, 0.15) is 29.4 Å². The summed E-state index contributed by atoms with van der Waals surface area (Å²) in [4.78, 5) is 20.5. The number of fused-ring (bicyclic) bond motifs is 1. The van der Waals surface area contributed by atoms with Crippen LogP contribution in [-0.4, -0.2) is 15.9 Å². The number of hydrogen-bond acceptors (Lipinski definition) is 2. The normalized spacial score (nSPS) is 12.0. The van der Waals surface area contributed by atoms with Crippen molar-refractivity contribution in [2.75, 3.05) is 0 Å². The number of para-hydroxylation sites is 2. The third-order valence-corrected chi connectivity index (χ3v) is 4.85. The Labute approximate surface area is 164 Å². The largest absolute Gasteiger partial charge is 0.349 e. The van der Waals surface area contributed by atoms with Crippen LogP contribution in [0.3, 0.4) is 0 Å². The fourth-order valence-corrected chi connectivity index (χ4v) is 3.41. The second-order valence-electron chi connectivity index (χ2n) is 6.92. The zero-order valence-corrected chi connectivity index (χ0v) is 15.6. The molecule has 28 heavy (non-hydrogen) atoms. The van der Waals surface area contributed by atoms with E-state index in [1.807, 2.05) is 60.7 Å². The molecular formula is C24H23N3O. The number of rotatable bonds is 7. The van der Waals surface area contributed by atoms with E-state index < -0.39 is 0 Å². The molecule has 140 valence electrons. The number of amides is 1. The number of nitrogens with one attached hydrogen (secondary N) is 2. The third-order valence-electron chi connectivity index (χ3n) is 4.85. The van der Waals surface area contributed by atoms with Crippen molar-refractivity contribution in [3.8, 4) is 0 Å². The van der Waals surface area contributed by atoms with Crippen molar-refractivity contribution >= 4 is 16.9 Å². The molecule has 1 heterocycles. The van der Waals surface area contributed by atoms with Gasteiger partial charge in [-0.25, -0.2) is 4.98 Å². The van der Waals surface area contributed by atoms with Crippen molar-refractivity contribution in [2.45, 2.75) is 25.3 Å². The van der Waals surface area contributed by atoms with Crippen LogP contribution in [0, 0.1) is 0 Å². The van der Waals surface area contributed by atoms with Gasteiger partial charge in [0, 0.05) is 12.8 Å². The van der Waals surface area contributed by atoms with Crippen LogP contribution in [0.4, 0.5) is 0 Å². The number of carbonyl (C=O) groups excluding carboxylic acids is 1. The van der Waals surface area contributed by atoms with Gasteiger partial charge in [0.2, 0.25) is 5.91 Å². The maximum absolute atomic E-state index is 12.7. The number of benzene rings is 3. The molecule has 1 unspecified atom stereocenters. The van der Waals surface area contributed by atoms with Crippen LogP contribution in [0.25, 0.3) is 11.0 Å². The minimum Gasteiger partial charge on any atom is -0.349 e. The van der Waals surface area contributed by atoms with Crippen molar-refractivity contribution in [1.29, 1.82) is 0 Å². The summed E-state index contributed by atoms with van der Waals surface area (Å²) in [6.45, 7) is 0. The minimum atomic E-state index is -0.0493. The van der Waals surface area contributed by atoms with Gasteiger partial charge in [-0.2, -0.15) is 0 Å². The van der Waals surface area contributed by atoms with Crippen molar-refractivity contribution < 1.29 is 4.79 Å². The Morgan fingerprint density at radius 2 is 1.57 bits per heavy atom. The highest BCUT2D eigenvalue weighted by Crippen LogP contribution is 2.19. The number of nitrogens with zero attached hydrogens (tertiary/aromatic N) is 1. The fourth-order valence-electron chi connectivity index (χ4n) is 3.41. The molecule has 4 aromatic rings. The molecule has 0 saturated heterocycles. The molecular weight excluding hydrogens is 346 g/mol. The van der Waals surface area contributed by atoms with Gasteiger partial charge in [0.25, 0.3) is 0 Å². The van der Waals surface area contributed by atoms with E-state index in [2.05, 4.69) is 39.6 Å². The molecule has 0 fully saturated rings. The summed E-state index contributed by atoms with van der Waals surface area (Å²) in [6.07, 6.45) is 1.76. The van der Waals surface area contributed by atoms with E-state index in [4.69, 9.17) is 0 Å². The lowest BCUT2D eigenvalue weighted by atomic mass is 9.98. The zero-order valence-electron chi connectivity index (χ0n) is 15.6. The second-order valence-corrected chi connectivity index (χ2v) is 6.92. The summed E-state index contributed by atoms with van der Waals surface area (Å²) >= 11 is 0. The van der Waals surface area contributed by atoms with E-state index in [0.29, 0.717) is 12.8 Å². The van der Waals surface area contributed by atoms with Crippen molar-refractivity contribution in [1.82, 2.24) is 15.3 Å². The maximum Gasteiger partial charge on any atom is 0.220 e.